The molecule has 0 bridgehead atoms. The molecule has 0 saturated heterocycles. The molecule has 2 aromatic carbocycles. The molecule has 35 heavy (non-hydrogen) atoms. The van der Waals surface area contributed by atoms with Gasteiger partial charge in [-0.2, -0.15) is 0 Å². The van der Waals surface area contributed by atoms with Gasteiger partial charge >= 0.3 is 0 Å². The van der Waals surface area contributed by atoms with Crippen LogP contribution in [-0.2, 0) is 26.2 Å². The minimum atomic E-state index is -3.79. The van der Waals surface area contributed by atoms with Gasteiger partial charge in [0.25, 0.3) is 0 Å². The first kappa shape index (κ1) is 28.9. The molecule has 1 N–H and O–H groups in total. The summed E-state index contributed by atoms with van der Waals surface area (Å²) >= 11 is 12.2. The highest BCUT2D eigenvalue weighted by molar-refractivity contribution is 7.92. The second kappa shape index (κ2) is 11.6. The monoisotopic (exact) mass is 541 g/mol. The van der Waals surface area contributed by atoms with Gasteiger partial charge in [-0.3, -0.25) is 13.9 Å². The lowest BCUT2D eigenvalue weighted by Gasteiger charge is -2.34. The van der Waals surface area contributed by atoms with Crippen molar-refractivity contribution >= 4 is 50.7 Å². The second-order valence-corrected chi connectivity index (χ2v) is 12.2. The van der Waals surface area contributed by atoms with Crippen LogP contribution in [0.2, 0.25) is 10.0 Å². The number of hydrogen-bond acceptors (Lipinski definition) is 4. The molecule has 0 aliphatic heterocycles. The van der Waals surface area contributed by atoms with Crippen LogP contribution in [0.15, 0.2) is 42.5 Å². The van der Waals surface area contributed by atoms with Gasteiger partial charge in [0.2, 0.25) is 21.8 Å². The van der Waals surface area contributed by atoms with Crippen molar-refractivity contribution in [2.75, 3.05) is 17.1 Å². The van der Waals surface area contributed by atoms with Crippen LogP contribution in [0.5, 0.6) is 0 Å². The Labute approximate surface area is 218 Å². The molecule has 0 fully saturated rings. The lowest BCUT2D eigenvalue weighted by atomic mass is 10.1. The van der Waals surface area contributed by atoms with Crippen molar-refractivity contribution in [2.24, 2.45) is 0 Å². The standard InChI is InChI=1S/C25H33Cl2N3O4S/c1-7-21(24(32)28-25(3,4)5)29(15-18-12-13-19(26)20(27)14-18)23(31)16-30(35(6,33)34)22-11-9-8-10-17(22)2/h8-14,21H,7,15-16H2,1-6H3,(H,28,32)/t21-/m1/s1. The molecule has 0 unspecified atom stereocenters. The first-order chi connectivity index (χ1) is 16.1. The molecule has 0 heterocycles. The third kappa shape index (κ3) is 8.12. The first-order valence-corrected chi connectivity index (χ1v) is 13.8. The lowest BCUT2D eigenvalue weighted by Crippen LogP contribution is -2.55. The van der Waals surface area contributed by atoms with Gasteiger partial charge in [-0.25, -0.2) is 8.42 Å². The number of aryl methyl sites for hydroxylation is 1. The average Bonchev–Trinajstić information content (AvgIpc) is 2.73. The van der Waals surface area contributed by atoms with Crippen molar-refractivity contribution in [3.05, 3.63) is 63.6 Å². The Morgan fingerprint density at radius 1 is 1.06 bits per heavy atom. The minimum Gasteiger partial charge on any atom is -0.350 e. The van der Waals surface area contributed by atoms with E-state index in [2.05, 4.69) is 5.32 Å². The third-order valence-electron chi connectivity index (χ3n) is 5.28. The summed E-state index contributed by atoms with van der Waals surface area (Å²) in [5, 5.41) is 3.61. The molecule has 192 valence electrons. The van der Waals surface area contributed by atoms with Crippen molar-refractivity contribution in [3.8, 4) is 0 Å². The molecular formula is C25H33Cl2N3O4S. The molecular weight excluding hydrogens is 509 g/mol. The van der Waals surface area contributed by atoms with Crippen LogP contribution in [0.4, 0.5) is 5.69 Å². The van der Waals surface area contributed by atoms with Crippen LogP contribution in [0.1, 0.15) is 45.2 Å². The summed E-state index contributed by atoms with van der Waals surface area (Å²) in [5.74, 6) is -0.837. The first-order valence-electron chi connectivity index (χ1n) is 11.2. The highest BCUT2D eigenvalue weighted by Gasteiger charge is 2.33. The zero-order valence-electron chi connectivity index (χ0n) is 20.9. The van der Waals surface area contributed by atoms with Crippen LogP contribution in [0, 0.1) is 6.92 Å². The summed E-state index contributed by atoms with van der Waals surface area (Å²) in [7, 11) is -3.79. The van der Waals surface area contributed by atoms with Crippen molar-refractivity contribution in [3.63, 3.8) is 0 Å². The largest absolute Gasteiger partial charge is 0.350 e. The summed E-state index contributed by atoms with van der Waals surface area (Å²) in [5.41, 5.74) is 1.27. The Kier molecular flexibility index (Phi) is 9.62. The van der Waals surface area contributed by atoms with Gasteiger partial charge in [0.05, 0.1) is 22.0 Å². The Balaban J connectivity index is 2.50. The molecule has 2 rings (SSSR count). The third-order valence-corrected chi connectivity index (χ3v) is 7.15. The number of halogens is 2. The lowest BCUT2D eigenvalue weighted by molar-refractivity contribution is -0.141. The Bertz CT molecular complexity index is 1180. The SMILES string of the molecule is CC[C@H](C(=O)NC(C)(C)C)N(Cc1ccc(Cl)c(Cl)c1)C(=O)CN(c1ccccc1C)S(C)(=O)=O. The van der Waals surface area contributed by atoms with E-state index in [0.717, 1.165) is 10.6 Å². The number of hydrogen-bond donors (Lipinski definition) is 1. The normalized spacial score (nSPS) is 12.7. The van der Waals surface area contributed by atoms with Crippen LogP contribution < -0.4 is 9.62 Å². The highest BCUT2D eigenvalue weighted by atomic mass is 35.5. The van der Waals surface area contributed by atoms with Gasteiger partial charge in [-0.1, -0.05) is 54.4 Å². The fourth-order valence-electron chi connectivity index (χ4n) is 3.65. The van der Waals surface area contributed by atoms with Crippen LogP contribution in [-0.4, -0.2) is 49.5 Å². The second-order valence-electron chi connectivity index (χ2n) is 9.49. The molecule has 7 nitrogen and oxygen atoms in total. The number of benzene rings is 2. The topological polar surface area (TPSA) is 86.8 Å². The summed E-state index contributed by atoms with van der Waals surface area (Å²) in [4.78, 5) is 28.3. The van der Waals surface area contributed by atoms with E-state index in [0.29, 0.717) is 33.3 Å². The number of carbonyl (C=O) groups excluding carboxylic acids is 2. The van der Waals surface area contributed by atoms with Gasteiger partial charge in [0.15, 0.2) is 0 Å². The molecule has 0 radical (unpaired) electrons. The highest BCUT2D eigenvalue weighted by Crippen LogP contribution is 2.26. The molecule has 0 aliphatic rings. The van der Waals surface area contributed by atoms with E-state index in [9.17, 15) is 18.0 Å². The average molecular weight is 543 g/mol. The zero-order chi connectivity index (χ0) is 26.6. The van der Waals surface area contributed by atoms with Crippen LogP contribution >= 0.6 is 23.2 Å². The van der Waals surface area contributed by atoms with Crippen LogP contribution in [0.25, 0.3) is 0 Å². The summed E-state index contributed by atoms with van der Waals surface area (Å²) in [6, 6.07) is 11.1. The van der Waals surface area contributed by atoms with Gasteiger partial charge in [-0.05, 0) is 63.4 Å². The number of nitrogens with one attached hydrogen (secondary N) is 1. The Morgan fingerprint density at radius 3 is 2.20 bits per heavy atom. The maximum atomic E-state index is 13.7. The Morgan fingerprint density at radius 2 is 1.69 bits per heavy atom. The summed E-state index contributed by atoms with van der Waals surface area (Å²) in [6.07, 6.45) is 1.39. The van der Waals surface area contributed by atoms with E-state index in [1.54, 1.807) is 56.3 Å². The molecule has 0 spiro atoms. The molecule has 0 aliphatic carbocycles. The molecule has 0 aromatic heterocycles. The summed E-state index contributed by atoms with van der Waals surface area (Å²) in [6.45, 7) is 8.74. The smallest absolute Gasteiger partial charge is 0.244 e. The van der Waals surface area contributed by atoms with E-state index in [4.69, 9.17) is 23.2 Å². The number of para-hydroxylation sites is 1. The number of amides is 2. The van der Waals surface area contributed by atoms with E-state index in [1.165, 1.54) is 4.90 Å². The van der Waals surface area contributed by atoms with Gasteiger partial charge in [0, 0.05) is 12.1 Å². The number of rotatable bonds is 9. The number of carbonyl (C=O) groups is 2. The number of sulfonamides is 1. The van der Waals surface area contributed by atoms with Crippen molar-refractivity contribution < 1.29 is 18.0 Å². The van der Waals surface area contributed by atoms with Crippen molar-refractivity contribution in [1.29, 1.82) is 0 Å². The maximum absolute atomic E-state index is 13.7. The molecule has 0 saturated carbocycles. The summed E-state index contributed by atoms with van der Waals surface area (Å²) < 4.78 is 26.4. The number of nitrogens with zero attached hydrogens (tertiary/aromatic N) is 2. The molecule has 2 aromatic rings. The van der Waals surface area contributed by atoms with Gasteiger partial charge in [0.1, 0.15) is 12.6 Å². The van der Waals surface area contributed by atoms with E-state index in [-0.39, 0.29) is 12.5 Å². The maximum Gasteiger partial charge on any atom is 0.244 e. The fraction of sp³-hybridized carbons (Fsp3) is 0.440. The van der Waals surface area contributed by atoms with Crippen LogP contribution in [0.3, 0.4) is 0 Å². The molecule has 2 amide bonds. The quantitative estimate of drug-likeness (QED) is 0.494. The molecule has 10 heteroatoms. The number of anilines is 1. The predicted octanol–water partition coefficient (Wildman–Crippen LogP) is 4.79. The van der Waals surface area contributed by atoms with E-state index >= 15 is 0 Å². The fourth-order valence-corrected chi connectivity index (χ4v) is 4.87. The molecule has 1 atom stereocenters. The predicted molar refractivity (Wildman–Crippen MR) is 142 cm³/mol. The van der Waals surface area contributed by atoms with Gasteiger partial charge < -0.3 is 10.2 Å². The minimum absolute atomic E-state index is 0.0527. The zero-order valence-corrected chi connectivity index (χ0v) is 23.3. The Hall–Kier alpha value is -2.29. The van der Waals surface area contributed by atoms with Gasteiger partial charge in [-0.15, -0.1) is 0 Å². The van der Waals surface area contributed by atoms with Crippen molar-refractivity contribution in [1.82, 2.24) is 10.2 Å². The van der Waals surface area contributed by atoms with Crippen molar-refractivity contribution in [2.45, 2.75) is 59.2 Å². The van der Waals surface area contributed by atoms with E-state index < -0.39 is 34.1 Å². The van der Waals surface area contributed by atoms with E-state index in [1.807, 2.05) is 20.8 Å².